The lowest BCUT2D eigenvalue weighted by atomic mass is 9.86. The molecule has 0 saturated heterocycles. The molecule has 0 fully saturated rings. The zero-order chi connectivity index (χ0) is 27.5. The van der Waals surface area contributed by atoms with Gasteiger partial charge < -0.3 is 15.7 Å². The number of hydrogen-bond donors (Lipinski definition) is 3. The molecule has 0 aliphatic heterocycles. The molecule has 0 heterocycles. The van der Waals surface area contributed by atoms with Crippen LogP contribution in [0.2, 0.25) is 10.0 Å². The number of Topliss-reactive ketones (excluding diaryl/α,β-unsaturated/α-hetero) is 1. The van der Waals surface area contributed by atoms with Crippen molar-refractivity contribution in [2.45, 2.75) is 31.3 Å². The van der Waals surface area contributed by atoms with Crippen molar-refractivity contribution in [2.24, 2.45) is 0 Å². The van der Waals surface area contributed by atoms with Gasteiger partial charge >= 0.3 is 12.4 Å². The molecule has 0 aromatic heterocycles. The first-order chi connectivity index (χ1) is 16.4. The molecular formula is C22H18Cl2F6N2O4. The Hall–Kier alpha value is -2.83. The van der Waals surface area contributed by atoms with Gasteiger partial charge in [-0.3, -0.25) is 14.4 Å². The number of hydrogen-bond acceptors (Lipinski definition) is 4. The summed E-state index contributed by atoms with van der Waals surface area (Å²) in [6.07, 6.45) is -11.3. The van der Waals surface area contributed by atoms with E-state index in [2.05, 4.69) is 5.32 Å². The third kappa shape index (κ3) is 7.58. The molecule has 14 heteroatoms. The Labute approximate surface area is 210 Å². The Morgan fingerprint density at radius 1 is 0.917 bits per heavy atom. The van der Waals surface area contributed by atoms with E-state index in [4.69, 9.17) is 23.2 Å². The highest BCUT2D eigenvalue weighted by Crippen LogP contribution is 2.43. The van der Waals surface area contributed by atoms with Crippen molar-refractivity contribution >= 4 is 40.8 Å². The van der Waals surface area contributed by atoms with Crippen LogP contribution in [0.25, 0.3) is 0 Å². The molecule has 2 rings (SSSR count). The SMILES string of the molecule is Cc1cc(C(=O)CC(O)(c2cc(Cl)cc(Cl)c2)C(F)(F)F)ccc1C(=O)NCC(=O)NCC(F)(F)F. The molecule has 0 radical (unpaired) electrons. The van der Waals surface area contributed by atoms with Crippen LogP contribution in [0.5, 0.6) is 0 Å². The first-order valence-electron chi connectivity index (χ1n) is 9.94. The molecule has 6 nitrogen and oxygen atoms in total. The van der Waals surface area contributed by atoms with E-state index in [-0.39, 0.29) is 26.7 Å². The summed E-state index contributed by atoms with van der Waals surface area (Å²) in [6.45, 7) is -0.999. The minimum absolute atomic E-state index is 0.0807. The number of ketones is 1. The number of amides is 2. The maximum atomic E-state index is 13.8. The van der Waals surface area contributed by atoms with Crippen LogP contribution in [-0.2, 0) is 10.4 Å². The number of halogens is 8. The van der Waals surface area contributed by atoms with Crippen molar-refractivity contribution in [1.82, 2.24) is 10.6 Å². The first-order valence-corrected chi connectivity index (χ1v) is 10.7. The van der Waals surface area contributed by atoms with Crippen molar-refractivity contribution in [2.75, 3.05) is 13.1 Å². The van der Waals surface area contributed by atoms with Gasteiger partial charge in [-0.2, -0.15) is 26.3 Å². The fourth-order valence-corrected chi connectivity index (χ4v) is 3.63. The predicted molar refractivity (Wildman–Crippen MR) is 118 cm³/mol. The third-order valence-corrected chi connectivity index (χ3v) is 5.35. The van der Waals surface area contributed by atoms with Crippen LogP contribution in [0.3, 0.4) is 0 Å². The minimum Gasteiger partial charge on any atom is -0.376 e. The number of carbonyl (C=O) groups excluding carboxylic acids is 3. The smallest absolute Gasteiger partial charge is 0.376 e. The maximum absolute atomic E-state index is 13.8. The van der Waals surface area contributed by atoms with Gasteiger partial charge in [0.15, 0.2) is 11.4 Å². The van der Waals surface area contributed by atoms with E-state index in [1.807, 2.05) is 0 Å². The van der Waals surface area contributed by atoms with Gasteiger partial charge in [-0.05, 0) is 48.4 Å². The van der Waals surface area contributed by atoms with Crippen molar-refractivity contribution in [3.05, 3.63) is 68.7 Å². The van der Waals surface area contributed by atoms with Crippen LogP contribution in [-0.4, -0.2) is 48.1 Å². The average Bonchev–Trinajstić information content (AvgIpc) is 2.73. The van der Waals surface area contributed by atoms with Gasteiger partial charge in [0.2, 0.25) is 5.91 Å². The highest BCUT2D eigenvalue weighted by atomic mass is 35.5. The molecule has 0 saturated carbocycles. The zero-order valence-electron chi connectivity index (χ0n) is 18.3. The van der Waals surface area contributed by atoms with Crippen LogP contribution >= 0.6 is 23.2 Å². The second-order valence-electron chi connectivity index (χ2n) is 7.72. The van der Waals surface area contributed by atoms with Crippen LogP contribution in [0.15, 0.2) is 36.4 Å². The molecule has 2 aromatic rings. The van der Waals surface area contributed by atoms with Crippen LogP contribution in [0.4, 0.5) is 26.3 Å². The number of carbonyl (C=O) groups is 3. The quantitative estimate of drug-likeness (QED) is 0.322. The van der Waals surface area contributed by atoms with Crippen molar-refractivity contribution in [3.8, 4) is 0 Å². The van der Waals surface area contributed by atoms with Crippen molar-refractivity contribution in [3.63, 3.8) is 0 Å². The van der Waals surface area contributed by atoms with E-state index < -0.39 is 60.6 Å². The summed E-state index contributed by atoms with van der Waals surface area (Å²) in [5.41, 5.74) is -4.58. The molecule has 196 valence electrons. The average molecular weight is 559 g/mol. The molecule has 2 aromatic carbocycles. The lowest BCUT2D eigenvalue weighted by molar-refractivity contribution is -0.264. The fraction of sp³-hybridized carbons (Fsp3) is 0.318. The highest BCUT2D eigenvalue weighted by molar-refractivity contribution is 6.34. The number of alkyl halides is 6. The van der Waals surface area contributed by atoms with Crippen LogP contribution < -0.4 is 10.6 Å². The first kappa shape index (κ1) is 29.4. The molecule has 2 amide bonds. The fourth-order valence-electron chi connectivity index (χ4n) is 3.10. The van der Waals surface area contributed by atoms with Crippen molar-refractivity contribution < 1.29 is 45.8 Å². The van der Waals surface area contributed by atoms with Crippen molar-refractivity contribution in [1.29, 1.82) is 0 Å². The number of benzene rings is 2. The molecule has 1 atom stereocenters. The molecule has 36 heavy (non-hydrogen) atoms. The molecule has 0 aliphatic carbocycles. The Kier molecular flexibility index (Phi) is 9.03. The topological polar surface area (TPSA) is 95.5 Å². The van der Waals surface area contributed by atoms with Gasteiger partial charge in [0.05, 0.1) is 13.0 Å². The summed E-state index contributed by atoms with van der Waals surface area (Å²) < 4.78 is 77.8. The molecule has 0 bridgehead atoms. The molecular weight excluding hydrogens is 541 g/mol. The number of rotatable bonds is 8. The van der Waals surface area contributed by atoms with Crippen LogP contribution in [0.1, 0.15) is 38.3 Å². The Morgan fingerprint density at radius 3 is 2.00 bits per heavy atom. The highest BCUT2D eigenvalue weighted by Gasteiger charge is 2.56. The van der Waals surface area contributed by atoms with E-state index >= 15 is 0 Å². The summed E-state index contributed by atoms with van der Waals surface area (Å²) in [5.74, 6) is -3.08. The predicted octanol–water partition coefficient (Wildman–Crippen LogP) is 4.73. The summed E-state index contributed by atoms with van der Waals surface area (Å²) in [5, 5.41) is 13.8. The lowest BCUT2D eigenvalue weighted by Crippen LogP contribution is -2.44. The van der Waals surface area contributed by atoms with Gasteiger partial charge in [0.1, 0.15) is 6.54 Å². The third-order valence-electron chi connectivity index (χ3n) is 4.91. The normalized spacial score (nSPS) is 13.6. The Bertz CT molecular complexity index is 1150. The second-order valence-corrected chi connectivity index (χ2v) is 8.59. The molecule has 1 unspecified atom stereocenters. The van der Waals surface area contributed by atoms with Gasteiger partial charge in [-0.15, -0.1) is 0 Å². The summed E-state index contributed by atoms with van der Waals surface area (Å²) in [6, 6.07) is 6.04. The summed E-state index contributed by atoms with van der Waals surface area (Å²) in [4.78, 5) is 36.4. The maximum Gasteiger partial charge on any atom is 0.421 e. The van der Waals surface area contributed by atoms with Gasteiger partial charge in [0, 0.05) is 21.2 Å². The van der Waals surface area contributed by atoms with Gasteiger partial charge in [-0.25, -0.2) is 0 Å². The lowest BCUT2D eigenvalue weighted by Gasteiger charge is -2.30. The van der Waals surface area contributed by atoms with E-state index in [0.29, 0.717) is 0 Å². The zero-order valence-corrected chi connectivity index (χ0v) is 19.8. The Balaban J connectivity index is 2.18. The largest absolute Gasteiger partial charge is 0.421 e. The molecule has 0 aliphatic rings. The van der Waals surface area contributed by atoms with Crippen LogP contribution in [0, 0.1) is 6.92 Å². The van der Waals surface area contributed by atoms with E-state index in [1.165, 1.54) is 6.92 Å². The van der Waals surface area contributed by atoms with Gasteiger partial charge in [-0.1, -0.05) is 29.3 Å². The number of aliphatic hydroxyl groups is 1. The summed E-state index contributed by atoms with van der Waals surface area (Å²) >= 11 is 11.5. The second kappa shape index (κ2) is 11.1. The molecule has 0 spiro atoms. The van der Waals surface area contributed by atoms with E-state index in [9.17, 15) is 45.8 Å². The Morgan fingerprint density at radius 2 is 1.50 bits per heavy atom. The number of aryl methyl sites for hydroxylation is 1. The monoisotopic (exact) mass is 558 g/mol. The van der Waals surface area contributed by atoms with E-state index in [0.717, 1.165) is 36.4 Å². The standard InChI is InChI=1S/C22H18Cl2F6N2O4/c1-11-4-12(2-3-16(11)19(35)31-9-18(34)32-10-21(25,26)27)17(33)8-20(36,22(28,29)30)13-5-14(23)7-15(24)6-13/h2-7,36H,8-10H2,1H3,(H,31,35)(H,32,34). The van der Waals surface area contributed by atoms with Gasteiger partial charge in [0.25, 0.3) is 5.91 Å². The minimum atomic E-state index is -5.28. The molecule has 3 N–H and O–H groups in total. The number of nitrogens with one attached hydrogen (secondary N) is 2. The van der Waals surface area contributed by atoms with E-state index in [1.54, 1.807) is 5.32 Å². The summed E-state index contributed by atoms with van der Waals surface area (Å²) in [7, 11) is 0.